The average Bonchev–Trinajstić information content (AvgIpc) is 3.55. The Morgan fingerprint density at radius 2 is 1.64 bits per heavy atom. The first-order valence-electron chi connectivity index (χ1n) is 13.7. The maximum atomic E-state index is 14.9. The van der Waals surface area contributed by atoms with Gasteiger partial charge in [0.1, 0.15) is 16.6 Å². The normalized spacial score (nSPS) is 23.9. The smallest absolute Gasteiger partial charge is 0.336 e. The molecular formula is C28H24F8N4O4S. The van der Waals surface area contributed by atoms with Crippen molar-refractivity contribution >= 4 is 21.7 Å². The van der Waals surface area contributed by atoms with Crippen molar-refractivity contribution in [1.29, 1.82) is 5.26 Å². The number of carbonyl (C=O) groups excluding carboxylic acids is 2. The van der Waals surface area contributed by atoms with Crippen LogP contribution >= 0.6 is 0 Å². The molecule has 3 atom stereocenters. The number of benzene rings is 1. The molecule has 0 N–H and O–H groups in total. The topological polar surface area (TPSA) is 111 Å². The minimum atomic E-state index is -6.45. The highest BCUT2D eigenvalue weighted by Gasteiger charge is 2.75. The third-order valence-corrected chi connectivity index (χ3v) is 11.4. The predicted octanol–water partition coefficient (Wildman–Crippen LogP) is 4.63. The van der Waals surface area contributed by atoms with Gasteiger partial charge < -0.3 is 9.80 Å². The van der Waals surface area contributed by atoms with Gasteiger partial charge in [-0.25, -0.2) is 17.2 Å². The van der Waals surface area contributed by atoms with Crippen LogP contribution in [0.15, 0.2) is 41.3 Å². The average molecular weight is 665 g/mol. The lowest BCUT2D eigenvalue weighted by Crippen LogP contribution is -2.56. The summed E-state index contributed by atoms with van der Waals surface area (Å²) in [5.74, 6) is -1.81. The zero-order valence-corrected chi connectivity index (χ0v) is 23.9. The highest BCUT2D eigenvalue weighted by molar-refractivity contribution is 7.92. The molecule has 1 aromatic carbocycles. The number of aryl methyl sites for hydroxylation is 1. The highest BCUT2D eigenvalue weighted by Crippen LogP contribution is 2.56. The number of nitrogens with zero attached hydrogens (tertiary/aromatic N) is 4. The van der Waals surface area contributed by atoms with Gasteiger partial charge in [-0.05, 0) is 61.6 Å². The molecule has 3 aliphatic rings. The maximum absolute atomic E-state index is 14.9. The Labute approximate surface area is 251 Å². The molecule has 45 heavy (non-hydrogen) atoms. The van der Waals surface area contributed by atoms with E-state index in [9.17, 15) is 53.1 Å². The van der Waals surface area contributed by atoms with Gasteiger partial charge in [-0.15, -0.1) is 0 Å². The molecule has 2 aromatic rings. The number of hydrogen-bond acceptors (Lipinski definition) is 6. The Kier molecular flexibility index (Phi) is 7.90. The molecule has 5 rings (SSSR count). The lowest BCUT2D eigenvalue weighted by molar-refractivity contribution is -0.350. The Morgan fingerprint density at radius 1 is 1.00 bits per heavy atom. The minimum Gasteiger partial charge on any atom is -0.336 e. The number of sulfone groups is 1. The summed E-state index contributed by atoms with van der Waals surface area (Å²) >= 11 is 0. The van der Waals surface area contributed by atoms with Gasteiger partial charge in [0.15, 0.2) is 9.84 Å². The summed E-state index contributed by atoms with van der Waals surface area (Å²) in [6, 6.07) is 4.03. The fraction of sp³-hybridized carbons (Fsp3) is 0.500. The molecule has 242 valence electrons. The number of likely N-dealkylation sites (tertiary alicyclic amines) is 2. The first-order chi connectivity index (χ1) is 20.9. The van der Waals surface area contributed by atoms with E-state index in [1.165, 1.54) is 9.80 Å². The number of aromatic nitrogens is 1. The fourth-order valence-electron chi connectivity index (χ4n) is 6.74. The molecular weight excluding hydrogens is 640 g/mol. The van der Waals surface area contributed by atoms with Crippen molar-refractivity contribution in [2.45, 2.75) is 78.3 Å². The number of nitriles is 1. The molecule has 2 aliphatic heterocycles. The van der Waals surface area contributed by atoms with Crippen LogP contribution in [0.1, 0.15) is 49.1 Å². The van der Waals surface area contributed by atoms with Gasteiger partial charge in [-0.3, -0.25) is 14.6 Å². The molecule has 3 heterocycles. The van der Waals surface area contributed by atoms with Crippen molar-refractivity contribution in [1.82, 2.24) is 14.8 Å². The number of carbonyl (C=O) groups is 2. The van der Waals surface area contributed by atoms with Crippen LogP contribution in [-0.4, -0.2) is 72.5 Å². The molecule has 8 nitrogen and oxygen atoms in total. The summed E-state index contributed by atoms with van der Waals surface area (Å²) in [6.45, 7) is -0.289. The van der Waals surface area contributed by atoms with Gasteiger partial charge in [-0.1, -0.05) is 6.07 Å². The first-order valence-corrected chi connectivity index (χ1v) is 15.2. The lowest BCUT2D eigenvalue weighted by atomic mass is 9.80. The van der Waals surface area contributed by atoms with E-state index in [1.54, 1.807) is 0 Å². The minimum absolute atomic E-state index is 0.00170. The van der Waals surface area contributed by atoms with Gasteiger partial charge in [0.05, 0.1) is 29.1 Å². The summed E-state index contributed by atoms with van der Waals surface area (Å²) < 4.78 is 136. The summed E-state index contributed by atoms with van der Waals surface area (Å²) in [5.41, 5.74) is -8.70. The van der Waals surface area contributed by atoms with Crippen molar-refractivity contribution in [3.8, 4) is 6.07 Å². The van der Waals surface area contributed by atoms with E-state index in [0.29, 0.717) is 6.07 Å². The van der Waals surface area contributed by atoms with Crippen molar-refractivity contribution in [2.75, 3.05) is 13.1 Å². The summed E-state index contributed by atoms with van der Waals surface area (Å²) in [5, 5.41) is 8.98. The third kappa shape index (κ3) is 4.83. The molecule has 0 spiro atoms. The Morgan fingerprint density at radius 3 is 2.24 bits per heavy atom. The van der Waals surface area contributed by atoms with E-state index >= 15 is 0 Å². The van der Waals surface area contributed by atoms with E-state index in [4.69, 9.17) is 5.26 Å². The van der Waals surface area contributed by atoms with Gasteiger partial charge in [-0.2, -0.15) is 31.6 Å². The van der Waals surface area contributed by atoms with E-state index in [-0.39, 0.29) is 62.7 Å². The molecule has 0 saturated carbocycles. The van der Waals surface area contributed by atoms with E-state index in [2.05, 4.69) is 4.98 Å². The van der Waals surface area contributed by atoms with Crippen molar-refractivity contribution < 1.29 is 53.1 Å². The van der Waals surface area contributed by atoms with Gasteiger partial charge in [0, 0.05) is 25.2 Å². The van der Waals surface area contributed by atoms with Crippen LogP contribution in [-0.2, 0) is 36.3 Å². The molecule has 17 heteroatoms. The standard InChI is InChI=1S/C28H24F8N4O4S/c29-16-2-4-17(5-3-16)45(43,44)25-12-15-40(24(42)20-8-11-23(41)39(20)14-1-13-37)22(25)10-7-19-18(25)6-9-21(38-19)26(30,27(31,32)33)28(34,35)36/h2-6,9,20,22H,1,7-8,10-12,14-15H2/t20-,22?,25?/m0/s1. The SMILES string of the molecule is N#CCCN1C(=O)CC[C@H]1C(=O)N1CCC2(S(=O)(=O)c3ccc(F)cc3)c3ccc(C(F)(C(F)(F)F)C(F)(F)F)nc3CCC12. The van der Waals surface area contributed by atoms with Crippen molar-refractivity contribution in [3.63, 3.8) is 0 Å². The van der Waals surface area contributed by atoms with E-state index < -0.39 is 79.1 Å². The monoisotopic (exact) mass is 664 g/mol. The Bertz CT molecular complexity index is 1660. The number of pyridine rings is 1. The molecule has 2 amide bonds. The lowest BCUT2D eigenvalue weighted by Gasteiger charge is -2.43. The molecule has 0 radical (unpaired) electrons. The van der Waals surface area contributed by atoms with Gasteiger partial charge in [0.2, 0.25) is 11.8 Å². The van der Waals surface area contributed by atoms with Crippen LogP contribution < -0.4 is 0 Å². The van der Waals surface area contributed by atoms with Crippen LogP contribution in [0, 0.1) is 17.1 Å². The molecule has 1 aliphatic carbocycles. The number of halogens is 8. The second kappa shape index (κ2) is 10.9. The quantitative estimate of drug-likeness (QED) is 0.329. The fourth-order valence-corrected chi connectivity index (χ4v) is 9.09. The van der Waals surface area contributed by atoms with Crippen LogP contribution in [0.4, 0.5) is 35.1 Å². The maximum Gasteiger partial charge on any atom is 0.437 e. The summed E-state index contributed by atoms with van der Waals surface area (Å²) in [6.07, 6.45) is -14.0. The predicted molar refractivity (Wildman–Crippen MR) is 138 cm³/mol. The Hall–Kier alpha value is -3.81. The molecule has 0 bridgehead atoms. The number of hydrogen-bond donors (Lipinski definition) is 0. The molecule has 1 aromatic heterocycles. The number of fused-ring (bicyclic) bond motifs is 3. The number of alkyl halides is 7. The molecule has 2 fully saturated rings. The third-order valence-electron chi connectivity index (χ3n) is 8.82. The van der Waals surface area contributed by atoms with Crippen LogP contribution in [0.2, 0.25) is 0 Å². The summed E-state index contributed by atoms with van der Waals surface area (Å²) in [4.78, 5) is 31.8. The summed E-state index contributed by atoms with van der Waals surface area (Å²) in [7, 11) is -4.69. The van der Waals surface area contributed by atoms with Crippen molar-refractivity contribution in [3.05, 3.63) is 59.2 Å². The second-order valence-electron chi connectivity index (χ2n) is 11.1. The van der Waals surface area contributed by atoms with E-state index in [1.807, 2.05) is 6.07 Å². The van der Waals surface area contributed by atoms with E-state index in [0.717, 1.165) is 24.3 Å². The van der Waals surface area contributed by atoms with Crippen LogP contribution in [0.25, 0.3) is 0 Å². The zero-order valence-electron chi connectivity index (χ0n) is 23.1. The van der Waals surface area contributed by atoms with Gasteiger partial charge in [0.25, 0.3) is 0 Å². The first kappa shape index (κ1) is 32.6. The number of amides is 2. The second-order valence-corrected chi connectivity index (χ2v) is 13.3. The molecule has 2 unspecified atom stereocenters. The van der Waals surface area contributed by atoms with Crippen LogP contribution in [0.5, 0.6) is 0 Å². The highest BCUT2D eigenvalue weighted by atomic mass is 32.2. The largest absolute Gasteiger partial charge is 0.437 e. The van der Waals surface area contributed by atoms with Gasteiger partial charge >= 0.3 is 18.0 Å². The Balaban J connectivity index is 1.65. The van der Waals surface area contributed by atoms with Crippen LogP contribution in [0.3, 0.4) is 0 Å². The number of rotatable bonds is 6. The zero-order chi connectivity index (χ0) is 33.2. The molecule has 2 saturated heterocycles. The van der Waals surface area contributed by atoms with Crippen molar-refractivity contribution in [2.24, 2.45) is 0 Å².